The van der Waals surface area contributed by atoms with E-state index in [0.29, 0.717) is 50.8 Å². The summed E-state index contributed by atoms with van der Waals surface area (Å²) in [6, 6.07) is 0. The van der Waals surface area contributed by atoms with E-state index in [4.69, 9.17) is 0 Å². The summed E-state index contributed by atoms with van der Waals surface area (Å²) in [7, 11) is 0. The average Bonchev–Trinajstić information content (AvgIpc) is 3.09. The van der Waals surface area contributed by atoms with Gasteiger partial charge in [0.15, 0.2) is 11.4 Å². The first kappa shape index (κ1) is 25.0. The van der Waals surface area contributed by atoms with E-state index in [-0.39, 0.29) is 12.0 Å². The molecule has 0 spiro atoms. The number of hydrogen-bond donors (Lipinski definition) is 0. The van der Waals surface area contributed by atoms with Gasteiger partial charge < -0.3 is 9.80 Å². The van der Waals surface area contributed by atoms with Crippen LogP contribution in [0.4, 0.5) is 26.3 Å². The molecule has 0 fully saturated rings. The highest BCUT2D eigenvalue weighted by Crippen LogP contribution is 2.35. The fourth-order valence-electron chi connectivity index (χ4n) is 3.12. The number of rotatable bonds is 9. The number of allylic oxidation sites excluding steroid dienone is 3. The first-order valence-electron chi connectivity index (χ1n) is 9.69. The van der Waals surface area contributed by atoms with Gasteiger partial charge in [-0.25, -0.2) is 0 Å². The van der Waals surface area contributed by atoms with E-state index < -0.39 is 23.8 Å². The molecule has 0 saturated carbocycles. The molecule has 0 saturated heterocycles. The van der Waals surface area contributed by atoms with Crippen LogP contribution in [0.25, 0.3) is 0 Å². The second kappa shape index (κ2) is 10.7. The van der Waals surface area contributed by atoms with Crippen molar-refractivity contribution in [2.45, 2.75) is 59.3 Å². The summed E-state index contributed by atoms with van der Waals surface area (Å²) in [5.41, 5.74) is -2.42. The second-order valence-corrected chi connectivity index (χ2v) is 6.42. The van der Waals surface area contributed by atoms with Gasteiger partial charge in [-0.2, -0.15) is 26.3 Å². The Kier molecular flexibility index (Phi) is 9.22. The Labute approximate surface area is 167 Å². The van der Waals surface area contributed by atoms with Gasteiger partial charge in [0.25, 0.3) is 0 Å². The van der Waals surface area contributed by atoms with Crippen molar-refractivity contribution in [3.8, 4) is 0 Å². The molecule has 0 aromatic rings. The molecule has 0 heterocycles. The minimum atomic E-state index is -4.92. The van der Waals surface area contributed by atoms with Crippen LogP contribution in [0.2, 0.25) is 0 Å². The lowest BCUT2D eigenvalue weighted by Crippen LogP contribution is -2.29. The fourth-order valence-corrected chi connectivity index (χ4v) is 3.12. The molecule has 0 aromatic carbocycles. The molecule has 0 radical (unpaired) electrons. The normalized spacial score (nSPS) is 16.9. The first-order valence-corrected chi connectivity index (χ1v) is 9.69. The van der Waals surface area contributed by atoms with E-state index in [1.807, 2.05) is 13.8 Å². The summed E-state index contributed by atoms with van der Waals surface area (Å²) in [5, 5.41) is 6.07. The molecular formula is C19H28F6N4. The molecule has 0 unspecified atom stereocenters. The summed E-state index contributed by atoms with van der Waals surface area (Å²) in [6.07, 6.45) is -6.98. The molecule has 166 valence electrons. The molecule has 0 amide bonds. The van der Waals surface area contributed by atoms with Gasteiger partial charge in [0, 0.05) is 43.6 Å². The molecule has 29 heavy (non-hydrogen) atoms. The van der Waals surface area contributed by atoms with Gasteiger partial charge in [-0.1, -0.05) is 0 Å². The van der Waals surface area contributed by atoms with Crippen LogP contribution in [0, 0.1) is 0 Å². The molecule has 4 nitrogen and oxygen atoms in total. The maximum absolute atomic E-state index is 13.6. The van der Waals surface area contributed by atoms with Crippen LogP contribution in [0.15, 0.2) is 33.7 Å². The fraction of sp³-hybridized carbons (Fsp3) is 0.684. The standard InChI is InChI=1S/C19H28F6N4/c1-5-28(6-2)13-12-16(18(20,21)22)26-27-17(19(23,24)25)14-10-9-11-15(14)29(7-3)8-4/h12-13H,5-11H2,1-4H3/b13-12+,26-16-,27-17-. The van der Waals surface area contributed by atoms with Crippen molar-refractivity contribution >= 4 is 11.4 Å². The van der Waals surface area contributed by atoms with Gasteiger partial charge >= 0.3 is 12.4 Å². The smallest absolute Gasteiger partial charge is 0.378 e. The Hall–Kier alpha value is -2.00. The summed E-state index contributed by atoms with van der Waals surface area (Å²) < 4.78 is 80.6. The average molecular weight is 426 g/mol. The second-order valence-electron chi connectivity index (χ2n) is 6.42. The van der Waals surface area contributed by atoms with E-state index in [1.54, 1.807) is 23.6 Å². The van der Waals surface area contributed by atoms with Crippen LogP contribution in [0.3, 0.4) is 0 Å². The molecule has 1 aliphatic rings. The topological polar surface area (TPSA) is 31.2 Å². The maximum Gasteiger partial charge on any atom is 0.435 e. The molecule has 0 aliphatic heterocycles. The highest BCUT2D eigenvalue weighted by Gasteiger charge is 2.42. The lowest BCUT2D eigenvalue weighted by Gasteiger charge is -2.25. The highest BCUT2D eigenvalue weighted by molar-refractivity contribution is 6.06. The number of halogens is 6. The van der Waals surface area contributed by atoms with Crippen LogP contribution >= 0.6 is 0 Å². The molecular weight excluding hydrogens is 398 g/mol. The van der Waals surface area contributed by atoms with E-state index in [9.17, 15) is 26.3 Å². The lowest BCUT2D eigenvalue weighted by molar-refractivity contribution is -0.0606. The number of hydrogen-bond acceptors (Lipinski definition) is 4. The molecule has 10 heteroatoms. The summed E-state index contributed by atoms with van der Waals surface area (Å²) >= 11 is 0. The van der Waals surface area contributed by atoms with Gasteiger partial charge in [0.2, 0.25) is 0 Å². The Morgan fingerprint density at radius 3 is 1.90 bits per heavy atom. The minimum Gasteiger partial charge on any atom is -0.378 e. The van der Waals surface area contributed by atoms with Crippen molar-refractivity contribution in [3.05, 3.63) is 23.5 Å². The van der Waals surface area contributed by atoms with Crippen molar-refractivity contribution in [3.63, 3.8) is 0 Å². The Morgan fingerprint density at radius 1 is 0.862 bits per heavy atom. The van der Waals surface area contributed by atoms with Crippen LogP contribution in [0.1, 0.15) is 47.0 Å². The predicted octanol–water partition coefficient (Wildman–Crippen LogP) is 5.54. The van der Waals surface area contributed by atoms with Crippen molar-refractivity contribution in [2.24, 2.45) is 10.2 Å². The summed E-state index contributed by atoms with van der Waals surface area (Å²) in [5.74, 6) is 0. The maximum atomic E-state index is 13.6. The van der Waals surface area contributed by atoms with E-state index >= 15 is 0 Å². The zero-order valence-electron chi connectivity index (χ0n) is 17.2. The zero-order valence-corrected chi connectivity index (χ0v) is 17.2. The SMILES string of the molecule is CCN(/C=C/C(=N/N=C(/C1=C(N(CC)CC)CCC1)C(F)(F)F)C(F)(F)F)CC. The van der Waals surface area contributed by atoms with E-state index in [1.165, 1.54) is 0 Å². The van der Waals surface area contributed by atoms with Crippen molar-refractivity contribution < 1.29 is 26.3 Å². The number of nitrogens with zero attached hydrogens (tertiary/aromatic N) is 4. The molecule has 0 N–H and O–H groups in total. The third-order valence-corrected chi connectivity index (χ3v) is 4.69. The van der Waals surface area contributed by atoms with Gasteiger partial charge in [-0.3, -0.25) is 0 Å². The van der Waals surface area contributed by atoms with Gasteiger partial charge in [0.05, 0.1) is 0 Å². The van der Waals surface area contributed by atoms with Crippen LogP contribution in [0.5, 0.6) is 0 Å². The lowest BCUT2D eigenvalue weighted by atomic mass is 10.1. The van der Waals surface area contributed by atoms with E-state index in [2.05, 4.69) is 10.2 Å². The number of alkyl halides is 6. The minimum absolute atomic E-state index is 0.0702. The molecule has 0 bridgehead atoms. The molecule has 1 rings (SSSR count). The largest absolute Gasteiger partial charge is 0.435 e. The zero-order chi connectivity index (χ0) is 22.2. The van der Waals surface area contributed by atoms with Crippen LogP contribution < -0.4 is 0 Å². The third-order valence-electron chi connectivity index (χ3n) is 4.69. The predicted molar refractivity (Wildman–Crippen MR) is 103 cm³/mol. The van der Waals surface area contributed by atoms with Crippen LogP contribution in [-0.4, -0.2) is 59.8 Å². The summed E-state index contributed by atoms with van der Waals surface area (Å²) in [6.45, 7) is 9.04. The van der Waals surface area contributed by atoms with Crippen LogP contribution in [-0.2, 0) is 0 Å². The molecule has 1 aliphatic carbocycles. The van der Waals surface area contributed by atoms with Gasteiger partial charge in [0.1, 0.15) is 0 Å². The van der Waals surface area contributed by atoms with Crippen molar-refractivity contribution in [2.75, 3.05) is 26.2 Å². The van der Waals surface area contributed by atoms with E-state index in [0.717, 1.165) is 6.20 Å². The Morgan fingerprint density at radius 2 is 1.45 bits per heavy atom. The van der Waals surface area contributed by atoms with Crippen molar-refractivity contribution in [1.29, 1.82) is 0 Å². The Balaban J connectivity index is 3.47. The first-order chi connectivity index (χ1) is 13.5. The summed E-state index contributed by atoms with van der Waals surface area (Å²) in [4.78, 5) is 3.34. The van der Waals surface area contributed by atoms with Gasteiger partial charge in [-0.05, 0) is 53.0 Å². The third kappa shape index (κ3) is 7.08. The highest BCUT2D eigenvalue weighted by atomic mass is 19.4. The monoisotopic (exact) mass is 426 g/mol. The Bertz CT molecular complexity index is 651. The van der Waals surface area contributed by atoms with Gasteiger partial charge in [-0.15, -0.1) is 10.2 Å². The molecule has 0 atom stereocenters. The van der Waals surface area contributed by atoms with Crippen molar-refractivity contribution in [1.82, 2.24) is 9.80 Å². The quantitative estimate of drug-likeness (QED) is 0.275. The molecule has 0 aromatic heterocycles.